The lowest BCUT2D eigenvalue weighted by Crippen LogP contribution is -2.37. The van der Waals surface area contributed by atoms with E-state index in [1.54, 1.807) is 0 Å². The highest BCUT2D eigenvalue weighted by Crippen LogP contribution is 2.32. The van der Waals surface area contributed by atoms with Crippen LogP contribution in [0.2, 0.25) is 0 Å². The van der Waals surface area contributed by atoms with Crippen molar-refractivity contribution in [1.29, 1.82) is 0 Å². The molecule has 0 aromatic heterocycles. The molecule has 5 heteroatoms. The van der Waals surface area contributed by atoms with Gasteiger partial charge in [-0.25, -0.2) is 0 Å². The van der Waals surface area contributed by atoms with Crippen LogP contribution in [0.5, 0.6) is 11.5 Å². The number of fused-ring (bicyclic) bond motifs is 1. The van der Waals surface area contributed by atoms with Gasteiger partial charge in [-0.3, -0.25) is 4.79 Å². The molecule has 1 N–H and O–H groups in total. The number of carbonyl (C=O) groups is 1. The quantitative estimate of drug-likeness (QED) is 0.917. The molecule has 0 saturated carbocycles. The van der Waals surface area contributed by atoms with Crippen molar-refractivity contribution < 1.29 is 14.3 Å². The molecule has 1 aromatic carbocycles. The summed E-state index contributed by atoms with van der Waals surface area (Å²) in [6.45, 7) is 5.44. The summed E-state index contributed by atoms with van der Waals surface area (Å²) in [5.41, 5.74) is 1.11. The fourth-order valence-corrected chi connectivity index (χ4v) is 2.77. The van der Waals surface area contributed by atoms with Crippen LogP contribution in [0.3, 0.4) is 0 Å². The SMILES string of the molecule is CC(NCC(=O)N1CCCC1)c1ccc2c(c1)OCCO2. The van der Waals surface area contributed by atoms with Gasteiger partial charge in [0.25, 0.3) is 0 Å². The lowest BCUT2D eigenvalue weighted by Gasteiger charge is -2.22. The van der Waals surface area contributed by atoms with E-state index >= 15 is 0 Å². The zero-order chi connectivity index (χ0) is 14.7. The van der Waals surface area contributed by atoms with Crippen LogP contribution in [-0.4, -0.2) is 43.7 Å². The Kier molecular flexibility index (Phi) is 4.29. The third-order valence-electron chi connectivity index (χ3n) is 4.08. The molecule has 1 amide bonds. The molecule has 1 unspecified atom stereocenters. The van der Waals surface area contributed by atoms with Crippen LogP contribution in [0.4, 0.5) is 0 Å². The number of benzene rings is 1. The van der Waals surface area contributed by atoms with Gasteiger partial charge in [-0.2, -0.15) is 0 Å². The number of nitrogens with zero attached hydrogens (tertiary/aromatic N) is 1. The second-order valence-corrected chi connectivity index (χ2v) is 5.59. The van der Waals surface area contributed by atoms with Gasteiger partial charge >= 0.3 is 0 Å². The van der Waals surface area contributed by atoms with Crippen molar-refractivity contribution in [2.75, 3.05) is 32.8 Å². The molecule has 2 aliphatic heterocycles. The van der Waals surface area contributed by atoms with E-state index in [0.29, 0.717) is 19.8 Å². The molecular formula is C16H22N2O3. The third-order valence-corrected chi connectivity index (χ3v) is 4.08. The number of rotatable bonds is 4. The van der Waals surface area contributed by atoms with Crippen molar-refractivity contribution >= 4 is 5.91 Å². The van der Waals surface area contributed by atoms with Gasteiger partial charge in [-0.05, 0) is 37.5 Å². The van der Waals surface area contributed by atoms with Gasteiger partial charge in [0.1, 0.15) is 13.2 Å². The molecular weight excluding hydrogens is 268 g/mol. The van der Waals surface area contributed by atoms with E-state index in [1.807, 2.05) is 23.1 Å². The number of nitrogens with one attached hydrogen (secondary N) is 1. The lowest BCUT2D eigenvalue weighted by atomic mass is 10.1. The van der Waals surface area contributed by atoms with Crippen molar-refractivity contribution in [3.05, 3.63) is 23.8 Å². The standard InChI is InChI=1S/C16H22N2O3/c1-12(17-11-16(19)18-6-2-3-7-18)13-4-5-14-15(10-13)21-9-8-20-14/h4-5,10,12,17H,2-3,6-9,11H2,1H3. The normalized spacial score (nSPS) is 18.6. The van der Waals surface area contributed by atoms with Crippen molar-refractivity contribution in [1.82, 2.24) is 10.2 Å². The predicted octanol–water partition coefficient (Wildman–Crippen LogP) is 1.73. The number of likely N-dealkylation sites (tertiary alicyclic amines) is 1. The lowest BCUT2D eigenvalue weighted by molar-refractivity contribution is -0.129. The van der Waals surface area contributed by atoms with Crippen LogP contribution in [-0.2, 0) is 4.79 Å². The minimum absolute atomic E-state index is 0.104. The first kappa shape index (κ1) is 14.2. The first-order chi connectivity index (χ1) is 10.2. The van der Waals surface area contributed by atoms with E-state index < -0.39 is 0 Å². The highest BCUT2D eigenvalue weighted by Gasteiger charge is 2.19. The van der Waals surface area contributed by atoms with Gasteiger partial charge < -0.3 is 19.7 Å². The topological polar surface area (TPSA) is 50.8 Å². The van der Waals surface area contributed by atoms with Crippen molar-refractivity contribution in [2.45, 2.75) is 25.8 Å². The van der Waals surface area contributed by atoms with Gasteiger partial charge in [-0.15, -0.1) is 0 Å². The van der Waals surface area contributed by atoms with Crippen LogP contribution in [0.1, 0.15) is 31.4 Å². The predicted molar refractivity (Wildman–Crippen MR) is 79.7 cm³/mol. The third kappa shape index (κ3) is 3.29. The Morgan fingerprint density at radius 2 is 1.95 bits per heavy atom. The molecule has 2 aliphatic rings. The molecule has 1 atom stereocenters. The first-order valence-corrected chi connectivity index (χ1v) is 7.65. The van der Waals surface area contributed by atoms with E-state index in [0.717, 1.165) is 43.0 Å². The van der Waals surface area contributed by atoms with Crippen molar-refractivity contribution in [3.8, 4) is 11.5 Å². The van der Waals surface area contributed by atoms with Crippen molar-refractivity contribution in [2.24, 2.45) is 0 Å². The van der Waals surface area contributed by atoms with Crippen LogP contribution < -0.4 is 14.8 Å². The summed E-state index contributed by atoms with van der Waals surface area (Å²) in [7, 11) is 0. The van der Waals surface area contributed by atoms with E-state index in [2.05, 4.69) is 12.2 Å². The Labute approximate surface area is 125 Å². The number of amides is 1. The second-order valence-electron chi connectivity index (χ2n) is 5.59. The van der Waals surface area contributed by atoms with Gasteiger partial charge in [0.05, 0.1) is 6.54 Å². The van der Waals surface area contributed by atoms with E-state index in [4.69, 9.17) is 9.47 Å². The molecule has 0 aliphatic carbocycles. The van der Waals surface area contributed by atoms with Gasteiger partial charge in [-0.1, -0.05) is 6.07 Å². The zero-order valence-corrected chi connectivity index (χ0v) is 12.4. The summed E-state index contributed by atoms with van der Waals surface area (Å²) in [4.78, 5) is 14.0. The maximum Gasteiger partial charge on any atom is 0.236 e. The molecule has 1 aromatic rings. The Hall–Kier alpha value is -1.75. The maximum absolute atomic E-state index is 12.0. The van der Waals surface area contributed by atoms with Crippen molar-refractivity contribution in [3.63, 3.8) is 0 Å². The summed E-state index contributed by atoms with van der Waals surface area (Å²) in [6, 6.07) is 6.05. The minimum atomic E-state index is 0.104. The monoisotopic (exact) mass is 290 g/mol. The number of carbonyl (C=O) groups excluding carboxylic acids is 1. The van der Waals surface area contributed by atoms with Gasteiger partial charge in [0, 0.05) is 19.1 Å². The van der Waals surface area contributed by atoms with Crippen LogP contribution in [0, 0.1) is 0 Å². The molecule has 1 fully saturated rings. The Morgan fingerprint density at radius 1 is 1.24 bits per heavy atom. The molecule has 0 bridgehead atoms. The molecule has 5 nitrogen and oxygen atoms in total. The second kappa shape index (κ2) is 6.35. The Balaban J connectivity index is 1.57. The average Bonchev–Trinajstić information content (AvgIpc) is 3.06. The first-order valence-electron chi connectivity index (χ1n) is 7.65. The van der Waals surface area contributed by atoms with E-state index in [-0.39, 0.29) is 11.9 Å². The largest absolute Gasteiger partial charge is 0.486 e. The molecule has 3 rings (SSSR count). The summed E-state index contributed by atoms with van der Waals surface area (Å²) in [6.07, 6.45) is 2.26. The van der Waals surface area contributed by atoms with Crippen LogP contribution >= 0.6 is 0 Å². The fourth-order valence-electron chi connectivity index (χ4n) is 2.77. The number of ether oxygens (including phenoxy) is 2. The van der Waals surface area contributed by atoms with E-state index in [1.165, 1.54) is 0 Å². The fraction of sp³-hybridized carbons (Fsp3) is 0.562. The summed E-state index contributed by atoms with van der Waals surface area (Å²) in [5.74, 6) is 1.78. The Bertz CT molecular complexity index is 512. The molecule has 114 valence electrons. The maximum atomic E-state index is 12.0. The van der Waals surface area contributed by atoms with Crippen LogP contribution in [0.15, 0.2) is 18.2 Å². The minimum Gasteiger partial charge on any atom is -0.486 e. The molecule has 2 heterocycles. The molecule has 1 saturated heterocycles. The molecule has 0 spiro atoms. The summed E-state index contributed by atoms with van der Waals surface area (Å²) < 4.78 is 11.1. The zero-order valence-electron chi connectivity index (χ0n) is 12.4. The average molecular weight is 290 g/mol. The number of hydrogen-bond acceptors (Lipinski definition) is 4. The highest BCUT2D eigenvalue weighted by atomic mass is 16.6. The van der Waals surface area contributed by atoms with Crippen LogP contribution in [0.25, 0.3) is 0 Å². The van der Waals surface area contributed by atoms with Gasteiger partial charge in [0.15, 0.2) is 11.5 Å². The van der Waals surface area contributed by atoms with Gasteiger partial charge in [0.2, 0.25) is 5.91 Å². The Morgan fingerprint density at radius 3 is 2.71 bits per heavy atom. The smallest absolute Gasteiger partial charge is 0.236 e. The molecule has 21 heavy (non-hydrogen) atoms. The summed E-state index contributed by atoms with van der Waals surface area (Å²) in [5, 5.41) is 3.29. The van der Waals surface area contributed by atoms with E-state index in [9.17, 15) is 4.79 Å². The summed E-state index contributed by atoms with van der Waals surface area (Å²) >= 11 is 0. The highest BCUT2D eigenvalue weighted by molar-refractivity contribution is 5.78. The number of hydrogen-bond donors (Lipinski definition) is 1. The molecule has 0 radical (unpaired) electrons.